The predicted octanol–water partition coefficient (Wildman–Crippen LogP) is 4.33. The Balaban J connectivity index is 1.53. The lowest BCUT2D eigenvalue weighted by Gasteiger charge is -2.14. The van der Waals surface area contributed by atoms with Crippen LogP contribution in [0.1, 0.15) is 29.9 Å². The first-order chi connectivity index (χ1) is 13.9. The SMILES string of the molecule is Cc1ccc(Cl)c(OCc2nnc(SCC(=O)NC(C)c3ccccc3)n2C)c1. The van der Waals surface area contributed by atoms with Crippen molar-refractivity contribution in [2.45, 2.75) is 31.7 Å². The highest BCUT2D eigenvalue weighted by molar-refractivity contribution is 7.99. The van der Waals surface area contributed by atoms with Gasteiger partial charge in [0.2, 0.25) is 5.91 Å². The van der Waals surface area contributed by atoms with Crippen LogP contribution in [0.4, 0.5) is 0 Å². The largest absolute Gasteiger partial charge is 0.484 e. The molecule has 3 aromatic rings. The molecule has 0 aliphatic heterocycles. The number of hydrogen-bond donors (Lipinski definition) is 1. The van der Waals surface area contributed by atoms with E-state index in [0.29, 0.717) is 21.8 Å². The minimum atomic E-state index is -0.0568. The molecule has 0 radical (unpaired) electrons. The summed E-state index contributed by atoms with van der Waals surface area (Å²) in [5.74, 6) is 1.47. The van der Waals surface area contributed by atoms with E-state index < -0.39 is 0 Å². The Hall–Kier alpha value is -2.51. The number of thioether (sulfide) groups is 1. The molecular weight excluding hydrogens is 408 g/mol. The van der Waals surface area contributed by atoms with Crippen LogP contribution in [-0.2, 0) is 18.4 Å². The van der Waals surface area contributed by atoms with Crippen molar-refractivity contribution in [2.24, 2.45) is 7.05 Å². The van der Waals surface area contributed by atoms with E-state index in [2.05, 4.69) is 15.5 Å². The van der Waals surface area contributed by atoms with Crippen LogP contribution in [0.5, 0.6) is 5.75 Å². The highest BCUT2D eigenvalue weighted by Gasteiger charge is 2.14. The first-order valence-corrected chi connectivity index (χ1v) is 10.5. The Labute approximate surface area is 179 Å². The summed E-state index contributed by atoms with van der Waals surface area (Å²) >= 11 is 7.50. The van der Waals surface area contributed by atoms with E-state index in [-0.39, 0.29) is 24.3 Å². The van der Waals surface area contributed by atoms with Gasteiger partial charge in [-0.05, 0) is 37.1 Å². The molecule has 0 aliphatic rings. The number of rotatable bonds is 8. The second-order valence-corrected chi connectivity index (χ2v) is 8.02. The van der Waals surface area contributed by atoms with E-state index in [1.807, 2.05) is 67.9 Å². The third kappa shape index (κ3) is 5.74. The van der Waals surface area contributed by atoms with Crippen LogP contribution in [-0.4, -0.2) is 26.4 Å². The number of ether oxygens (including phenoxy) is 1. The third-order valence-corrected chi connectivity index (χ3v) is 5.71. The Bertz CT molecular complexity index is 978. The molecular formula is C21H23ClN4O2S. The molecule has 2 aromatic carbocycles. The lowest BCUT2D eigenvalue weighted by molar-refractivity contribution is -0.119. The second kappa shape index (κ2) is 9.80. The highest BCUT2D eigenvalue weighted by Crippen LogP contribution is 2.26. The smallest absolute Gasteiger partial charge is 0.230 e. The molecule has 1 heterocycles. The summed E-state index contributed by atoms with van der Waals surface area (Å²) in [6.07, 6.45) is 0. The number of benzene rings is 2. The summed E-state index contributed by atoms with van der Waals surface area (Å²) in [7, 11) is 1.85. The molecule has 1 atom stereocenters. The Kier molecular flexibility index (Phi) is 7.17. The summed E-state index contributed by atoms with van der Waals surface area (Å²) in [4.78, 5) is 12.3. The van der Waals surface area contributed by atoms with Gasteiger partial charge in [0.25, 0.3) is 0 Å². The molecule has 1 aromatic heterocycles. The summed E-state index contributed by atoms with van der Waals surface area (Å²) in [5, 5.41) is 12.5. The molecule has 0 fully saturated rings. The summed E-state index contributed by atoms with van der Waals surface area (Å²) in [5.41, 5.74) is 2.13. The molecule has 3 rings (SSSR count). The van der Waals surface area contributed by atoms with E-state index in [9.17, 15) is 4.79 Å². The van der Waals surface area contributed by atoms with Gasteiger partial charge in [-0.25, -0.2) is 0 Å². The predicted molar refractivity (Wildman–Crippen MR) is 115 cm³/mol. The van der Waals surface area contributed by atoms with Crippen molar-refractivity contribution < 1.29 is 9.53 Å². The lowest BCUT2D eigenvalue weighted by atomic mass is 10.1. The van der Waals surface area contributed by atoms with Crippen LogP contribution in [0.3, 0.4) is 0 Å². The molecule has 1 N–H and O–H groups in total. The van der Waals surface area contributed by atoms with E-state index >= 15 is 0 Å². The van der Waals surface area contributed by atoms with Crippen LogP contribution in [0.25, 0.3) is 0 Å². The number of hydrogen-bond acceptors (Lipinski definition) is 5. The molecule has 1 unspecified atom stereocenters. The quantitative estimate of drug-likeness (QED) is 0.539. The van der Waals surface area contributed by atoms with Crippen LogP contribution in [0, 0.1) is 6.92 Å². The lowest BCUT2D eigenvalue weighted by Crippen LogP contribution is -2.28. The van der Waals surface area contributed by atoms with Crippen molar-refractivity contribution in [3.63, 3.8) is 0 Å². The summed E-state index contributed by atoms with van der Waals surface area (Å²) in [6.45, 7) is 4.18. The molecule has 152 valence electrons. The van der Waals surface area contributed by atoms with E-state index in [1.165, 1.54) is 11.8 Å². The normalized spacial score (nSPS) is 11.9. The van der Waals surface area contributed by atoms with E-state index in [4.69, 9.17) is 16.3 Å². The monoisotopic (exact) mass is 430 g/mol. The number of aryl methyl sites for hydroxylation is 1. The number of amides is 1. The zero-order chi connectivity index (χ0) is 20.8. The van der Waals surface area contributed by atoms with Gasteiger partial charge in [-0.3, -0.25) is 4.79 Å². The van der Waals surface area contributed by atoms with Gasteiger partial charge in [0, 0.05) is 7.05 Å². The zero-order valence-corrected chi connectivity index (χ0v) is 18.1. The van der Waals surface area contributed by atoms with Crippen LogP contribution in [0.15, 0.2) is 53.7 Å². The number of aromatic nitrogens is 3. The molecule has 0 bridgehead atoms. The van der Waals surface area contributed by atoms with Crippen molar-refractivity contribution in [1.29, 1.82) is 0 Å². The average molecular weight is 431 g/mol. The fourth-order valence-electron chi connectivity index (χ4n) is 2.70. The first-order valence-electron chi connectivity index (χ1n) is 9.18. The van der Waals surface area contributed by atoms with E-state index in [0.717, 1.165) is 11.1 Å². The van der Waals surface area contributed by atoms with Crippen molar-refractivity contribution in [3.05, 3.63) is 70.5 Å². The molecule has 1 amide bonds. The maximum Gasteiger partial charge on any atom is 0.230 e. The average Bonchev–Trinajstić information content (AvgIpc) is 3.07. The van der Waals surface area contributed by atoms with E-state index in [1.54, 1.807) is 6.07 Å². The topological polar surface area (TPSA) is 69.0 Å². The third-order valence-electron chi connectivity index (χ3n) is 4.38. The zero-order valence-electron chi connectivity index (χ0n) is 16.6. The van der Waals surface area contributed by atoms with Crippen LogP contribution < -0.4 is 10.1 Å². The van der Waals surface area contributed by atoms with Gasteiger partial charge in [-0.15, -0.1) is 10.2 Å². The maximum atomic E-state index is 12.3. The molecule has 29 heavy (non-hydrogen) atoms. The fourth-order valence-corrected chi connectivity index (χ4v) is 3.61. The Morgan fingerprint density at radius 2 is 2.00 bits per heavy atom. The first kappa shape index (κ1) is 21.2. The molecule has 0 saturated heterocycles. The van der Waals surface area contributed by atoms with Gasteiger partial charge in [0.15, 0.2) is 11.0 Å². The van der Waals surface area contributed by atoms with Crippen molar-refractivity contribution in [1.82, 2.24) is 20.1 Å². The highest BCUT2D eigenvalue weighted by atomic mass is 35.5. The van der Waals surface area contributed by atoms with Gasteiger partial charge in [0.05, 0.1) is 16.8 Å². The number of halogens is 1. The minimum Gasteiger partial charge on any atom is -0.484 e. The Morgan fingerprint density at radius 3 is 2.76 bits per heavy atom. The maximum absolute atomic E-state index is 12.3. The standard InChI is InChI=1S/C21H23ClN4O2S/c1-14-9-10-17(22)18(11-14)28-12-19-24-25-21(26(19)3)29-13-20(27)23-15(2)16-7-5-4-6-8-16/h4-11,15H,12-13H2,1-3H3,(H,23,27). The van der Waals surface area contributed by atoms with Crippen molar-refractivity contribution >= 4 is 29.3 Å². The molecule has 6 nitrogen and oxygen atoms in total. The minimum absolute atomic E-state index is 0.0492. The Morgan fingerprint density at radius 1 is 1.24 bits per heavy atom. The fraction of sp³-hybridized carbons (Fsp3) is 0.286. The molecule has 0 saturated carbocycles. The van der Waals surface area contributed by atoms with Crippen LogP contribution in [0.2, 0.25) is 5.02 Å². The number of nitrogens with zero attached hydrogens (tertiary/aromatic N) is 3. The van der Waals surface area contributed by atoms with Gasteiger partial charge in [0.1, 0.15) is 12.4 Å². The summed E-state index contributed by atoms with van der Waals surface area (Å²) in [6, 6.07) is 15.4. The van der Waals surface area contributed by atoms with Gasteiger partial charge in [-0.1, -0.05) is 59.8 Å². The van der Waals surface area contributed by atoms with Gasteiger partial charge in [-0.2, -0.15) is 0 Å². The number of carbonyl (C=O) groups is 1. The van der Waals surface area contributed by atoms with Crippen molar-refractivity contribution in [3.8, 4) is 5.75 Å². The second-order valence-electron chi connectivity index (χ2n) is 6.67. The van der Waals surface area contributed by atoms with Gasteiger partial charge < -0.3 is 14.6 Å². The number of carbonyl (C=O) groups excluding carboxylic acids is 1. The van der Waals surface area contributed by atoms with Crippen molar-refractivity contribution in [2.75, 3.05) is 5.75 Å². The number of nitrogens with one attached hydrogen (secondary N) is 1. The molecule has 0 spiro atoms. The van der Waals surface area contributed by atoms with Gasteiger partial charge >= 0.3 is 0 Å². The molecule has 8 heteroatoms. The summed E-state index contributed by atoms with van der Waals surface area (Å²) < 4.78 is 7.60. The van der Waals surface area contributed by atoms with Crippen LogP contribution >= 0.6 is 23.4 Å². The molecule has 0 aliphatic carbocycles.